The van der Waals surface area contributed by atoms with E-state index in [1.807, 2.05) is 18.2 Å². The molecule has 0 radical (unpaired) electrons. The molecule has 6 atom stereocenters. The predicted molar refractivity (Wildman–Crippen MR) is 133 cm³/mol. The number of methoxy groups -OCH3 is 1. The number of hydrogen-bond acceptors (Lipinski definition) is 4. The standard InChI is InChI=1S/C29H41FO4/c1-20(2)17-21(3)26(31)16-15-24-25(9-7-5-6-8-10-28(32)33-4)29(18-27(24)34-19-29)22-11-13-23(30)14-12-22/h5,7,11-16,20-21,24-27,31H,6,8-10,17-19H2,1-4H3/t21?,24-,25-,26-,27-,29-/m0/s1. The van der Waals surface area contributed by atoms with Gasteiger partial charge in [0.25, 0.3) is 0 Å². The maximum absolute atomic E-state index is 13.7. The highest BCUT2D eigenvalue weighted by atomic mass is 19.1. The first-order chi connectivity index (χ1) is 16.3. The number of esters is 1. The van der Waals surface area contributed by atoms with Crippen molar-refractivity contribution in [1.29, 1.82) is 0 Å². The molecular formula is C29H41FO4. The largest absolute Gasteiger partial charge is 0.469 e. The summed E-state index contributed by atoms with van der Waals surface area (Å²) in [5, 5.41) is 10.7. The van der Waals surface area contributed by atoms with Crippen LogP contribution in [-0.2, 0) is 19.7 Å². The van der Waals surface area contributed by atoms with E-state index in [1.165, 1.54) is 19.2 Å². The van der Waals surface area contributed by atoms with E-state index < -0.39 is 6.10 Å². The van der Waals surface area contributed by atoms with Gasteiger partial charge in [0.2, 0.25) is 0 Å². The van der Waals surface area contributed by atoms with E-state index in [0.29, 0.717) is 24.9 Å². The number of aliphatic hydroxyl groups excluding tert-OH is 1. The fourth-order valence-electron chi connectivity index (χ4n) is 5.85. The SMILES string of the molecule is COC(=O)CCCC=CC[C@H]1[C@H](C=C[C@H](O)C(C)CC(C)C)[C@@H]2C[C@@]1(c1ccc(F)cc1)CO2. The minimum absolute atomic E-state index is 0.103. The van der Waals surface area contributed by atoms with E-state index in [4.69, 9.17) is 9.47 Å². The molecule has 4 nitrogen and oxygen atoms in total. The van der Waals surface area contributed by atoms with Gasteiger partial charge in [-0.1, -0.05) is 57.2 Å². The van der Waals surface area contributed by atoms with Crippen LogP contribution >= 0.6 is 0 Å². The molecule has 3 rings (SSSR count). The van der Waals surface area contributed by atoms with Crippen LogP contribution in [0.5, 0.6) is 0 Å². The average Bonchev–Trinajstić information content (AvgIpc) is 3.37. The van der Waals surface area contributed by atoms with Crippen molar-refractivity contribution in [3.8, 4) is 0 Å². The van der Waals surface area contributed by atoms with E-state index in [0.717, 1.165) is 37.7 Å². The Morgan fingerprint density at radius 1 is 1.26 bits per heavy atom. The Kier molecular flexibility index (Phi) is 9.49. The summed E-state index contributed by atoms with van der Waals surface area (Å²) in [6.07, 6.45) is 12.9. The van der Waals surface area contributed by atoms with Crippen molar-refractivity contribution in [2.75, 3.05) is 13.7 Å². The summed E-state index contributed by atoms with van der Waals surface area (Å²) in [5.74, 6) is 0.841. The molecule has 188 valence electrons. The van der Waals surface area contributed by atoms with Gasteiger partial charge in [-0.3, -0.25) is 4.79 Å². The average molecular weight is 473 g/mol. The van der Waals surface area contributed by atoms with Crippen molar-refractivity contribution in [2.24, 2.45) is 23.7 Å². The first kappa shape index (κ1) is 26.6. The summed E-state index contributed by atoms with van der Waals surface area (Å²) in [6.45, 7) is 7.09. The third kappa shape index (κ3) is 6.37. The van der Waals surface area contributed by atoms with Crippen molar-refractivity contribution >= 4 is 5.97 Å². The van der Waals surface area contributed by atoms with Gasteiger partial charge in [0.05, 0.1) is 25.9 Å². The number of rotatable bonds is 12. The van der Waals surface area contributed by atoms with E-state index in [2.05, 4.69) is 39.0 Å². The van der Waals surface area contributed by atoms with Crippen LogP contribution < -0.4 is 0 Å². The fourth-order valence-corrected chi connectivity index (χ4v) is 5.85. The van der Waals surface area contributed by atoms with Crippen LogP contribution in [0.25, 0.3) is 0 Å². The molecule has 1 heterocycles. The summed E-state index contributed by atoms with van der Waals surface area (Å²) < 4.78 is 24.6. The number of fused-ring (bicyclic) bond motifs is 2. The van der Waals surface area contributed by atoms with E-state index in [1.54, 1.807) is 0 Å². The maximum atomic E-state index is 13.7. The van der Waals surface area contributed by atoms with Crippen LogP contribution in [0.1, 0.15) is 64.9 Å². The number of benzene rings is 1. The Balaban J connectivity index is 1.75. The second-order valence-electron chi connectivity index (χ2n) is 10.6. The van der Waals surface area contributed by atoms with Gasteiger partial charge >= 0.3 is 5.97 Å². The van der Waals surface area contributed by atoms with Crippen LogP contribution in [0.15, 0.2) is 48.6 Å². The quantitative estimate of drug-likeness (QED) is 0.231. The van der Waals surface area contributed by atoms with E-state index in [9.17, 15) is 14.3 Å². The van der Waals surface area contributed by atoms with Gasteiger partial charge in [0.15, 0.2) is 0 Å². The first-order valence-corrected chi connectivity index (χ1v) is 12.7. The molecule has 0 spiro atoms. The number of carbonyl (C=O) groups is 1. The van der Waals surface area contributed by atoms with Crippen molar-refractivity contribution in [3.63, 3.8) is 0 Å². The molecular weight excluding hydrogens is 431 g/mol. The topological polar surface area (TPSA) is 55.8 Å². The van der Waals surface area contributed by atoms with Gasteiger partial charge in [-0.25, -0.2) is 4.39 Å². The Hall–Kier alpha value is -1.98. The van der Waals surface area contributed by atoms with Gasteiger partial charge in [0.1, 0.15) is 5.82 Å². The lowest BCUT2D eigenvalue weighted by atomic mass is 9.69. The number of carbonyl (C=O) groups excluding carboxylic acids is 1. The van der Waals surface area contributed by atoms with Gasteiger partial charge in [0, 0.05) is 17.8 Å². The molecule has 2 aliphatic rings. The van der Waals surface area contributed by atoms with E-state index >= 15 is 0 Å². The number of ether oxygens (including phenoxy) is 2. The van der Waals surface area contributed by atoms with Crippen LogP contribution in [-0.4, -0.2) is 37.0 Å². The Morgan fingerprint density at radius 3 is 2.68 bits per heavy atom. The lowest BCUT2D eigenvalue weighted by Gasteiger charge is -2.38. The van der Waals surface area contributed by atoms with Crippen molar-refractivity contribution in [2.45, 2.75) is 76.9 Å². The molecule has 5 heteroatoms. The number of halogens is 1. The molecule has 34 heavy (non-hydrogen) atoms. The molecule has 0 aromatic heterocycles. The second-order valence-corrected chi connectivity index (χ2v) is 10.6. The number of aliphatic hydroxyl groups is 1. The van der Waals surface area contributed by atoms with Gasteiger partial charge < -0.3 is 14.6 Å². The van der Waals surface area contributed by atoms with Gasteiger partial charge in [-0.15, -0.1) is 0 Å². The molecule has 1 aliphatic carbocycles. The third-order valence-electron chi connectivity index (χ3n) is 7.64. The number of allylic oxidation sites excluding steroid dienone is 2. The maximum Gasteiger partial charge on any atom is 0.305 e. The molecule has 0 amide bonds. The third-order valence-corrected chi connectivity index (χ3v) is 7.64. The zero-order chi connectivity index (χ0) is 24.7. The highest BCUT2D eigenvalue weighted by Crippen LogP contribution is 2.57. The number of hydrogen-bond donors (Lipinski definition) is 1. The molecule has 1 aliphatic heterocycles. The van der Waals surface area contributed by atoms with Crippen molar-refractivity contribution in [1.82, 2.24) is 0 Å². The molecule has 1 aromatic carbocycles. The molecule has 2 bridgehead atoms. The first-order valence-electron chi connectivity index (χ1n) is 12.7. The molecule has 1 saturated carbocycles. The monoisotopic (exact) mass is 472 g/mol. The lowest BCUT2D eigenvalue weighted by Crippen LogP contribution is -2.39. The fraction of sp³-hybridized carbons (Fsp3) is 0.621. The molecule has 1 N–H and O–H groups in total. The second kappa shape index (κ2) is 12.1. The van der Waals surface area contributed by atoms with Crippen molar-refractivity contribution in [3.05, 3.63) is 60.0 Å². The number of unbranched alkanes of at least 4 members (excludes halogenated alkanes) is 1. The van der Waals surface area contributed by atoms with Crippen LogP contribution in [0.4, 0.5) is 4.39 Å². The lowest BCUT2D eigenvalue weighted by molar-refractivity contribution is -0.140. The summed E-state index contributed by atoms with van der Waals surface area (Å²) >= 11 is 0. The molecule has 1 saturated heterocycles. The summed E-state index contributed by atoms with van der Waals surface area (Å²) in [5.41, 5.74) is 0.975. The molecule has 2 fully saturated rings. The minimum atomic E-state index is -0.474. The summed E-state index contributed by atoms with van der Waals surface area (Å²) in [7, 11) is 1.42. The van der Waals surface area contributed by atoms with Crippen molar-refractivity contribution < 1.29 is 23.8 Å². The van der Waals surface area contributed by atoms with Crippen LogP contribution in [0, 0.1) is 29.5 Å². The molecule has 1 unspecified atom stereocenters. The Morgan fingerprint density at radius 2 is 2.00 bits per heavy atom. The van der Waals surface area contributed by atoms with Crippen LogP contribution in [0.2, 0.25) is 0 Å². The minimum Gasteiger partial charge on any atom is -0.469 e. The predicted octanol–water partition coefficient (Wildman–Crippen LogP) is 5.99. The molecule has 1 aromatic rings. The summed E-state index contributed by atoms with van der Waals surface area (Å²) in [6, 6.07) is 6.88. The summed E-state index contributed by atoms with van der Waals surface area (Å²) in [4.78, 5) is 11.3. The zero-order valence-electron chi connectivity index (χ0n) is 21.1. The van der Waals surface area contributed by atoms with Crippen LogP contribution in [0.3, 0.4) is 0 Å². The Labute approximate surface area is 204 Å². The normalized spacial score (nSPS) is 28.3. The zero-order valence-corrected chi connectivity index (χ0v) is 21.1. The smallest absolute Gasteiger partial charge is 0.305 e. The highest BCUT2D eigenvalue weighted by molar-refractivity contribution is 5.69. The Bertz CT molecular complexity index is 846. The van der Waals surface area contributed by atoms with Gasteiger partial charge in [-0.2, -0.15) is 0 Å². The van der Waals surface area contributed by atoms with E-state index in [-0.39, 0.29) is 35.1 Å². The van der Waals surface area contributed by atoms with Gasteiger partial charge in [-0.05, 0) is 67.6 Å². The highest BCUT2D eigenvalue weighted by Gasteiger charge is 2.58.